The second-order valence-corrected chi connectivity index (χ2v) is 4.04. The molecule has 0 radical (unpaired) electrons. The van der Waals surface area contributed by atoms with Crippen LogP contribution in [0.5, 0.6) is 5.75 Å². The van der Waals surface area contributed by atoms with Gasteiger partial charge in [-0.1, -0.05) is 0 Å². The van der Waals surface area contributed by atoms with Crippen LogP contribution in [-0.4, -0.2) is 30.1 Å². The molecule has 86 valence electrons. The van der Waals surface area contributed by atoms with Crippen LogP contribution in [0.25, 0.3) is 0 Å². The molecule has 0 aromatic heterocycles. The Hall–Kier alpha value is -1.55. The number of phenols is 1. The van der Waals surface area contributed by atoms with Gasteiger partial charge in [0.05, 0.1) is 6.04 Å². The van der Waals surface area contributed by atoms with Crippen LogP contribution >= 0.6 is 0 Å². The van der Waals surface area contributed by atoms with Gasteiger partial charge in [-0.3, -0.25) is 4.79 Å². The van der Waals surface area contributed by atoms with E-state index in [1.54, 1.807) is 29.2 Å². The maximum absolute atomic E-state index is 12.0. The lowest BCUT2D eigenvalue weighted by Crippen LogP contribution is -2.41. The monoisotopic (exact) mass is 220 g/mol. The van der Waals surface area contributed by atoms with Crippen molar-refractivity contribution in [1.82, 2.24) is 5.32 Å². The first-order chi connectivity index (χ1) is 7.68. The van der Waals surface area contributed by atoms with Gasteiger partial charge in [-0.25, -0.2) is 0 Å². The van der Waals surface area contributed by atoms with Crippen LogP contribution in [0.1, 0.15) is 13.3 Å². The number of nitrogens with one attached hydrogen (secondary N) is 1. The van der Waals surface area contributed by atoms with Gasteiger partial charge in [-0.15, -0.1) is 0 Å². The second kappa shape index (κ2) is 4.53. The van der Waals surface area contributed by atoms with E-state index in [-0.39, 0.29) is 17.7 Å². The Labute approximate surface area is 94.9 Å². The largest absolute Gasteiger partial charge is 0.508 e. The van der Waals surface area contributed by atoms with E-state index in [0.29, 0.717) is 0 Å². The quantitative estimate of drug-likeness (QED) is 0.745. The van der Waals surface area contributed by atoms with Crippen molar-refractivity contribution in [3.8, 4) is 5.75 Å². The molecule has 1 aliphatic heterocycles. The van der Waals surface area contributed by atoms with Gasteiger partial charge < -0.3 is 15.3 Å². The molecule has 0 saturated carbocycles. The Morgan fingerprint density at radius 1 is 1.38 bits per heavy atom. The lowest BCUT2D eigenvalue weighted by atomic mass is 10.2. The number of carbonyl (C=O) groups excluding carboxylic acids is 1. The first kappa shape index (κ1) is 11.0. The van der Waals surface area contributed by atoms with E-state index < -0.39 is 0 Å². The molecule has 1 saturated heterocycles. The highest BCUT2D eigenvalue weighted by molar-refractivity contribution is 5.97. The maximum atomic E-state index is 12.0. The summed E-state index contributed by atoms with van der Waals surface area (Å²) in [6.45, 7) is 3.46. The smallest absolute Gasteiger partial charge is 0.243 e. The number of rotatable bonds is 1. The van der Waals surface area contributed by atoms with E-state index in [1.165, 1.54) is 0 Å². The van der Waals surface area contributed by atoms with Crippen molar-refractivity contribution >= 4 is 11.6 Å². The molecule has 2 N–H and O–H groups in total. The normalized spacial score (nSPS) is 21.9. The minimum Gasteiger partial charge on any atom is -0.508 e. The Kier molecular flexibility index (Phi) is 3.10. The average molecular weight is 220 g/mol. The Morgan fingerprint density at radius 2 is 2.06 bits per heavy atom. The second-order valence-electron chi connectivity index (χ2n) is 4.04. The zero-order chi connectivity index (χ0) is 11.5. The van der Waals surface area contributed by atoms with Gasteiger partial charge >= 0.3 is 0 Å². The van der Waals surface area contributed by atoms with E-state index in [2.05, 4.69) is 5.32 Å². The van der Waals surface area contributed by atoms with Gasteiger partial charge in [0.25, 0.3) is 0 Å². The molecule has 1 aliphatic rings. The van der Waals surface area contributed by atoms with Gasteiger partial charge in [0.15, 0.2) is 0 Å². The minimum atomic E-state index is -0.142. The van der Waals surface area contributed by atoms with Crippen molar-refractivity contribution in [3.63, 3.8) is 0 Å². The zero-order valence-corrected chi connectivity index (χ0v) is 9.31. The molecule has 1 unspecified atom stereocenters. The number of carbonyl (C=O) groups is 1. The van der Waals surface area contributed by atoms with E-state index in [9.17, 15) is 9.90 Å². The molecule has 1 atom stereocenters. The van der Waals surface area contributed by atoms with Crippen LogP contribution < -0.4 is 10.2 Å². The highest BCUT2D eigenvalue weighted by atomic mass is 16.3. The fraction of sp³-hybridized carbons (Fsp3) is 0.417. The first-order valence-corrected chi connectivity index (χ1v) is 5.52. The van der Waals surface area contributed by atoms with Crippen LogP contribution in [0.3, 0.4) is 0 Å². The number of hydrogen-bond donors (Lipinski definition) is 2. The number of anilines is 1. The highest BCUT2D eigenvalue weighted by Crippen LogP contribution is 2.20. The number of amides is 1. The summed E-state index contributed by atoms with van der Waals surface area (Å²) in [6, 6.07) is 6.60. The summed E-state index contributed by atoms with van der Waals surface area (Å²) in [6.07, 6.45) is 0.941. The number of phenolic OH excluding ortho intramolecular Hbond substituents is 1. The molecule has 1 amide bonds. The lowest BCUT2D eigenvalue weighted by Gasteiger charge is -2.22. The van der Waals surface area contributed by atoms with E-state index in [4.69, 9.17) is 0 Å². The predicted molar refractivity (Wildman–Crippen MR) is 62.5 cm³/mol. The van der Waals surface area contributed by atoms with Crippen LogP contribution in [0, 0.1) is 0 Å². The van der Waals surface area contributed by atoms with Crippen molar-refractivity contribution in [2.45, 2.75) is 19.4 Å². The number of nitrogens with zero attached hydrogens (tertiary/aromatic N) is 1. The van der Waals surface area contributed by atoms with Gasteiger partial charge in [0, 0.05) is 12.2 Å². The topological polar surface area (TPSA) is 52.6 Å². The van der Waals surface area contributed by atoms with E-state index in [1.807, 2.05) is 6.92 Å². The summed E-state index contributed by atoms with van der Waals surface area (Å²) in [5.74, 6) is 0.306. The summed E-state index contributed by atoms with van der Waals surface area (Å²) in [5, 5.41) is 12.4. The van der Waals surface area contributed by atoms with Gasteiger partial charge in [0.2, 0.25) is 5.91 Å². The van der Waals surface area contributed by atoms with Gasteiger partial charge in [-0.05, 0) is 44.2 Å². The molecule has 4 nitrogen and oxygen atoms in total. The third kappa shape index (κ3) is 2.17. The summed E-state index contributed by atoms with van der Waals surface area (Å²) >= 11 is 0. The van der Waals surface area contributed by atoms with Crippen LogP contribution in [0.2, 0.25) is 0 Å². The molecule has 0 aliphatic carbocycles. The van der Waals surface area contributed by atoms with Gasteiger partial charge in [-0.2, -0.15) is 0 Å². The summed E-state index contributed by atoms with van der Waals surface area (Å²) < 4.78 is 0. The third-order valence-electron chi connectivity index (χ3n) is 2.81. The number of benzene rings is 1. The molecule has 1 aromatic carbocycles. The SMILES string of the molecule is CC1NCCCN(c2ccc(O)cc2)C1=O. The molecule has 0 bridgehead atoms. The Balaban J connectivity index is 2.24. The molecule has 1 aromatic rings. The minimum absolute atomic E-state index is 0.0863. The van der Waals surface area contributed by atoms with Crippen molar-refractivity contribution in [1.29, 1.82) is 0 Å². The third-order valence-corrected chi connectivity index (χ3v) is 2.81. The van der Waals surface area contributed by atoms with Gasteiger partial charge in [0.1, 0.15) is 5.75 Å². The fourth-order valence-electron chi connectivity index (χ4n) is 1.88. The molecule has 1 heterocycles. The fourth-order valence-corrected chi connectivity index (χ4v) is 1.88. The van der Waals surface area contributed by atoms with Crippen LogP contribution in [-0.2, 0) is 4.79 Å². The lowest BCUT2D eigenvalue weighted by molar-refractivity contribution is -0.119. The summed E-state index contributed by atoms with van der Waals surface area (Å²) in [5.41, 5.74) is 0.846. The zero-order valence-electron chi connectivity index (χ0n) is 9.31. The highest BCUT2D eigenvalue weighted by Gasteiger charge is 2.23. The van der Waals surface area contributed by atoms with E-state index >= 15 is 0 Å². The first-order valence-electron chi connectivity index (χ1n) is 5.52. The Bertz CT molecular complexity index is 375. The molecular weight excluding hydrogens is 204 g/mol. The molecule has 16 heavy (non-hydrogen) atoms. The number of aromatic hydroxyl groups is 1. The van der Waals surface area contributed by atoms with Crippen LogP contribution in [0.15, 0.2) is 24.3 Å². The molecule has 0 spiro atoms. The predicted octanol–water partition coefficient (Wildman–Crippen LogP) is 1.11. The van der Waals surface area contributed by atoms with Crippen LogP contribution in [0.4, 0.5) is 5.69 Å². The molecular formula is C12H16N2O2. The van der Waals surface area contributed by atoms with Crippen molar-refractivity contribution in [2.75, 3.05) is 18.0 Å². The van der Waals surface area contributed by atoms with Crippen molar-refractivity contribution in [2.24, 2.45) is 0 Å². The number of hydrogen-bond acceptors (Lipinski definition) is 3. The standard InChI is InChI=1S/C12H16N2O2/c1-9-12(16)14(8-2-7-13-9)10-3-5-11(15)6-4-10/h3-6,9,13,15H,2,7-8H2,1H3. The molecule has 2 rings (SSSR count). The average Bonchev–Trinajstić information content (AvgIpc) is 2.44. The van der Waals surface area contributed by atoms with Crippen molar-refractivity contribution in [3.05, 3.63) is 24.3 Å². The Morgan fingerprint density at radius 3 is 2.75 bits per heavy atom. The van der Waals surface area contributed by atoms with E-state index in [0.717, 1.165) is 25.2 Å². The summed E-state index contributed by atoms with van der Waals surface area (Å²) in [4.78, 5) is 13.8. The maximum Gasteiger partial charge on any atom is 0.243 e. The molecule has 4 heteroatoms. The summed E-state index contributed by atoms with van der Waals surface area (Å²) in [7, 11) is 0. The molecule has 1 fully saturated rings. The van der Waals surface area contributed by atoms with Crippen molar-refractivity contribution < 1.29 is 9.90 Å².